The molecule has 0 saturated carbocycles. The number of aromatic nitrogens is 2. The molecule has 0 unspecified atom stereocenters. The highest BCUT2D eigenvalue weighted by Gasteiger charge is 2.18. The Morgan fingerprint density at radius 2 is 2.23 bits per heavy atom. The second kappa shape index (κ2) is 3.68. The molecule has 1 rings (SSSR count). The van der Waals surface area contributed by atoms with Gasteiger partial charge in [-0.2, -0.15) is 5.10 Å². The summed E-state index contributed by atoms with van der Waals surface area (Å²) in [6.07, 6.45) is 1.77. The number of halogens is 1. The topological polar surface area (TPSA) is 43.8 Å². The van der Waals surface area contributed by atoms with Gasteiger partial charge >= 0.3 is 0 Å². The number of nitrogens with two attached hydrogens (primary N) is 1. The Kier molecular flexibility index (Phi) is 2.98. The lowest BCUT2D eigenvalue weighted by Gasteiger charge is -2.22. The number of aryl methyl sites for hydroxylation is 1. The van der Waals surface area contributed by atoms with Crippen molar-refractivity contribution in [1.29, 1.82) is 0 Å². The summed E-state index contributed by atoms with van der Waals surface area (Å²) in [7, 11) is 0. The van der Waals surface area contributed by atoms with Crippen LogP contribution >= 0.6 is 11.6 Å². The Bertz CT molecular complexity index is 291. The number of hydrogen-bond donors (Lipinski definition) is 1. The molecular weight excluding hydrogens is 186 g/mol. The predicted molar refractivity (Wildman–Crippen MR) is 54.8 cm³/mol. The summed E-state index contributed by atoms with van der Waals surface area (Å²) in [6, 6.07) is 0. The highest BCUT2D eigenvalue weighted by atomic mass is 35.5. The van der Waals surface area contributed by atoms with Crippen LogP contribution in [-0.2, 0) is 6.54 Å². The van der Waals surface area contributed by atoms with Crippen LogP contribution in [-0.4, -0.2) is 16.3 Å². The van der Waals surface area contributed by atoms with Gasteiger partial charge < -0.3 is 5.73 Å². The molecule has 74 valence electrons. The van der Waals surface area contributed by atoms with E-state index in [1.165, 1.54) is 0 Å². The molecule has 1 aromatic heterocycles. The summed E-state index contributed by atoms with van der Waals surface area (Å²) in [5.74, 6) is 0. The van der Waals surface area contributed by atoms with E-state index < -0.39 is 0 Å². The maximum Gasteiger partial charge on any atom is 0.129 e. The third-order valence-corrected chi connectivity index (χ3v) is 2.57. The molecule has 0 atom stereocenters. The summed E-state index contributed by atoms with van der Waals surface area (Å²) in [5.41, 5.74) is 6.68. The Hall–Kier alpha value is -0.540. The third-order valence-electron chi connectivity index (χ3n) is 2.07. The Morgan fingerprint density at radius 1 is 1.62 bits per heavy atom. The van der Waals surface area contributed by atoms with Crippen LogP contribution in [0.1, 0.15) is 19.4 Å². The molecule has 0 radical (unpaired) electrons. The van der Waals surface area contributed by atoms with E-state index >= 15 is 0 Å². The second-order valence-corrected chi connectivity index (χ2v) is 4.50. The summed E-state index contributed by atoms with van der Waals surface area (Å²) in [5, 5.41) is 4.89. The molecule has 0 aliphatic heterocycles. The van der Waals surface area contributed by atoms with Gasteiger partial charge in [-0.05, 0) is 18.9 Å². The van der Waals surface area contributed by atoms with Gasteiger partial charge in [0.15, 0.2) is 0 Å². The molecule has 0 amide bonds. The molecule has 13 heavy (non-hydrogen) atoms. The van der Waals surface area contributed by atoms with Crippen LogP contribution in [0.2, 0.25) is 5.15 Å². The van der Waals surface area contributed by atoms with E-state index in [4.69, 9.17) is 17.3 Å². The molecule has 0 fully saturated rings. The zero-order valence-corrected chi connectivity index (χ0v) is 9.10. The summed E-state index contributed by atoms with van der Waals surface area (Å²) < 4.78 is 1.80. The van der Waals surface area contributed by atoms with Gasteiger partial charge in [0, 0.05) is 12.1 Å². The van der Waals surface area contributed by atoms with Gasteiger partial charge in [0.25, 0.3) is 0 Å². The largest absolute Gasteiger partial charge is 0.330 e. The maximum atomic E-state index is 6.03. The average molecular weight is 202 g/mol. The first-order chi connectivity index (χ1) is 5.96. The minimum absolute atomic E-state index is 0.0437. The van der Waals surface area contributed by atoms with Crippen molar-refractivity contribution in [2.75, 3.05) is 6.54 Å². The van der Waals surface area contributed by atoms with E-state index in [0.717, 1.165) is 12.1 Å². The molecule has 0 bridgehead atoms. The molecule has 2 N–H and O–H groups in total. The molecule has 0 aromatic carbocycles. The zero-order chi connectivity index (χ0) is 10.1. The quantitative estimate of drug-likeness (QED) is 0.811. The molecule has 0 saturated heterocycles. The van der Waals surface area contributed by atoms with Crippen LogP contribution in [0.5, 0.6) is 0 Å². The Balaban J connectivity index is 2.80. The number of rotatable bonds is 3. The summed E-state index contributed by atoms with van der Waals surface area (Å²) in [4.78, 5) is 0. The van der Waals surface area contributed by atoms with E-state index in [0.29, 0.717) is 11.7 Å². The van der Waals surface area contributed by atoms with Crippen molar-refractivity contribution in [3.8, 4) is 0 Å². The lowest BCUT2D eigenvalue weighted by Crippen LogP contribution is -2.29. The standard InChI is InChI=1S/C9H16ClN3/c1-7-4-12-13(8(7)10)6-9(2,3)5-11/h4H,5-6,11H2,1-3H3. The maximum absolute atomic E-state index is 6.03. The van der Waals surface area contributed by atoms with Crippen LogP contribution in [0, 0.1) is 12.3 Å². The molecule has 3 nitrogen and oxygen atoms in total. The highest BCUT2D eigenvalue weighted by Crippen LogP contribution is 2.20. The molecule has 0 spiro atoms. The molecule has 1 aromatic rings. The Morgan fingerprint density at radius 3 is 2.62 bits per heavy atom. The van der Waals surface area contributed by atoms with E-state index in [2.05, 4.69) is 18.9 Å². The molecule has 0 aliphatic carbocycles. The predicted octanol–water partition coefficient (Wildman–Crippen LogP) is 1.83. The van der Waals surface area contributed by atoms with E-state index in [1.54, 1.807) is 10.9 Å². The van der Waals surface area contributed by atoms with E-state index in [1.807, 2.05) is 6.92 Å². The first kappa shape index (κ1) is 10.5. The molecule has 0 aliphatic rings. The van der Waals surface area contributed by atoms with Gasteiger partial charge in [0.1, 0.15) is 5.15 Å². The highest BCUT2D eigenvalue weighted by molar-refractivity contribution is 6.30. The molecule has 1 heterocycles. The van der Waals surface area contributed by atoms with Crippen molar-refractivity contribution < 1.29 is 0 Å². The second-order valence-electron chi connectivity index (χ2n) is 4.14. The number of hydrogen-bond acceptors (Lipinski definition) is 2. The van der Waals surface area contributed by atoms with Gasteiger partial charge in [0.05, 0.1) is 6.20 Å². The van der Waals surface area contributed by atoms with Crippen LogP contribution in [0.4, 0.5) is 0 Å². The fourth-order valence-corrected chi connectivity index (χ4v) is 1.20. The van der Waals surface area contributed by atoms with Crippen molar-refractivity contribution in [1.82, 2.24) is 9.78 Å². The normalized spacial score (nSPS) is 12.1. The first-order valence-corrected chi connectivity index (χ1v) is 4.72. The minimum Gasteiger partial charge on any atom is -0.330 e. The lowest BCUT2D eigenvalue weighted by atomic mass is 9.94. The molecular formula is C9H16ClN3. The molecule has 4 heteroatoms. The van der Waals surface area contributed by atoms with Crippen molar-refractivity contribution in [3.63, 3.8) is 0 Å². The third kappa shape index (κ3) is 2.45. The smallest absolute Gasteiger partial charge is 0.129 e. The van der Waals surface area contributed by atoms with Gasteiger partial charge in [-0.3, -0.25) is 4.68 Å². The first-order valence-electron chi connectivity index (χ1n) is 4.34. The van der Waals surface area contributed by atoms with Crippen LogP contribution in [0.25, 0.3) is 0 Å². The Labute approximate surface area is 83.9 Å². The van der Waals surface area contributed by atoms with Crippen molar-refractivity contribution >= 4 is 11.6 Å². The summed E-state index contributed by atoms with van der Waals surface area (Å²) >= 11 is 6.03. The van der Waals surface area contributed by atoms with Crippen molar-refractivity contribution in [2.24, 2.45) is 11.1 Å². The van der Waals surface area contributed by atoms with E-state index in [-0.39, 0.29) is 5.41 Å². The van der Waals surface area contributed by atoms with Gasteiger partial charge in [-0.1, -0.05) is 25.4 Å². The van der Waals surface area contributed by atoms with Gasteiger partial charge in [-0.15, -0.1) is 0 Å². The van der Waals surface area contributed by atoms with Gasteiger partial charge in [0.2, 0.25) is 0 Å². The fraction of sp³-hybridized carbons (Fsp3) is 0.667. The average Bonchev–Trinajstić information content (AvgIpc) is 2.36. The van der Waals surface area contributed by atoms with Crippen molar-refractivity contribution in [3.05, 3.63) is 16.9 Å². The van der Waals surface area contributed by atoms with Crippen LogP contribution < -0.4 is 5.73 Å². The van der Waals surface area contributed by atoms with E-state index in [9.17, 15) is 0 Å². The minimum atomic E-state index is 0.0437. The van der Waals surface area contributed by atoms with Crippen LogP contribution in [0.3, 0.4) is 0 Å². The van der Waals surface area contributed by atoms with Crippen LogP contribution in [0.15, 0.2) is 6.20 Å². The zero-order valence-electron chi connectivity index (χ0n) is 8.34. The summed E-state index contributed by atoms with van der Waals surface area (Å²) in [6.45, 7) is 7.53. The van der Waals surface area contributed by atoms with Gasteiger partial charge in [-0.25, -0.2) is 0 Å². The monoisotopic (exact) mass is 201 g/mol. The fourth-order valence-electron chi connectivity index (χ4n) is 1.04. The lowest BCUT2D eigenvalue weighted by molar-refractivity contribution is 0.302. The number of nitrogens with zero attached hydrogens (tertiary/aromatic N) is 2. The van der Waals surface area contributed by atoms with Crippen molar-refractivity contribution in [2.45, 2.75) is 27.3 Å². The SMILES string of the molecule is Cc1cnn(CC(C)(C)CN)c1Cl.